The molecule has 6 heteroatoms. The van der Waals surface area contributed by atoms with E-state index in [0.717, 1.165) is 17.7 Å². The SMILES string of the molecule is CCc1cncc(C(=O)N(C)CCN(C)C(=O)CC(C)c2ccco2)c1. The molecule has 1 unspecified atom stereocenters. The standard InChI is InChI=1S/C20H27N3O3/c1-5-16-12-17(14-21-13-16)20(25)23(4)9-8-22(3)19(24)11-15(2)18-7-6-10-26-18/h6-7,10,12-15H,5,8-9,11H2,1-4H3. The fraction of sp³-hybridized carbons (Fsp3) is 0.450. The van der Waals surface area contributed by atoms with Crippen LogP contribution in [-0.4, -0.2) is 53.8 Å². The van der Waals surface area contributed by atoms with Gasteiger partial charge in [-0.15, -0.1) is 0 Å². The third-order valence-corrected chi connectivity index (χ3v) is 4.50. The summed E-state index contributed by atoms with van der Waals surface area (Å²) in [7, 11) is 3.50. The minimum absolute atomic E-state index is 0.0298. The zero-order valence-electron chi connectivity index (χ0n) is 15.9. The van der Waals surface area contributed by atoms with E-state index in [1.54, 1.807) is 42.6 Å². The molecule has 0 N–H and O–H groups in total. The van der Waals surface area contributed by atoms with E-state index in [0.29, 0.717) is 25.1 Å². The lowest BCUT2D eigenvalue weighted by Crippen LogP contribution is -2.37. The minimum Gasteiger partial charge on any atom is -0.469 e. The molecule has 140 valence electrons. The Balaban J connectivity index is 1.84. The summed E-state index contributed by atoms with van der Waals surface area (Å²) in [5, 5.41) is 0. The number of likely N-dealkylation sites (N-methyl/N-ethyl adjacent to an activating group) is 2. The molecule has 2 aromatic heterocycles. The van der Waals surface area contributed by atoms with Crippen LogP contribution >= 0.6 is 0 Å². The second-order valence-corrected chi connectivity index (χ2v) is 6.60. The largest absolute Gasteiger partial charge is 0.469 e. The number of aromatic nitrogens is 1. The Morgan fingerprint density at radius 3 is 2.58 bits per heavy atom. The molecule has 6 nitrogen and oxygen atoms in total. The van der Waals surface area contributed by atoms with Gasteiger partial charge in [0.1, 0.15) is 5.76 Å². The van der Waals surface area contributed by atoms with Gasteiger partial charge in [0.25, 0.3) is 5.91 Å². The Labute approximate surface area is 154 Å². The molecule has 0 aliphatic heterocycles. The summed E-state index contributed by atoms with van der Waals surface area (Å²) in [5.74, 6) is 0.784. The predicted molar refractivity (Wildman–Crippen MR) is 100.0 cm³/mol. The Bertz CT molecular complexity index is 728. The lowest BCUT2D eigenvalue weighted by atomic mass is 10.0. The summed E-state index contributed by atoms with van der Waals surface area (Å²) >= 11 is 0. The first-order valence-electron chi connectivity index (χ1n) is 8.89. The lowest BCUT2D eigenvalue weighted by Gasteiger charge is -2.23. The number of pyridine rings is 1. The Kier molecular flexibility index (Phi) is 6.95. The van der Waals surface area contributed by atoms with Gasteiger partial charge in [-0.2, -0.15) is 0 Å². The van der Waals surface area contributed by atoms with Gasteiger partial charge in [0.05, 0.1) is 11.8 Å². The molecule has 0 aromatic carbocycles. The third-order valence-electron chi connectivity index (χ3n) is 4.50. The highest BCUT2D eigenvalue weighted by molar-refractivity contribution is 5.93. The maximum absolute atomic E-state index is 12.5. The van der Waals surface area contributed by atoms with Crippen LogP contribution in [0.4, 0.5) is 0 Å². The van der Waals surface area contributed by atoms with E-state index < -0.39 is 0 Å². The minimum atomic E-state index is -0.0856. The normalized spacial score (nSPS) is 11.8. The monoisotopic (exact) mass is 357 g/mol. The molecule has 0 fully saturated rings. The molecule has 0 aliphatic rings. The highest BCUT2D eigenvalue weighted by Gasteiger charge is 2.18. The molecular weight excluding hydrogens is 330 g/mol. The molecule has 0 radical (unpaired) electrons. The number of hydrogen-bond donors (Lipinski definition) is 0. The second-order valence-electron chi connectivity index (χ2n) is 6.60. The molecule has 0 saturated carbocycles. The van der Waals surface area contributed by atoms with Crippen LogP contribution in [0, 0.1) is 0 Å². The van der Waals surface area contributed by atoms with Gasteiger partial charge in [0, 0.05) is 51.9 Å². The van der Waals surface area contributed by atoms with Gasteiger partial charge in [-0.25, -0.2) is 0 Å². The molecule has 2 heterocycles. The predicted octanol–water partition coefficient (Wildman–Crippen LogP) is 2.96. The second kappa shape index (κ2) is 9.17. The molecule has 26 heavy (non-hydrogen) atoms. The highest BCUT2D eigenvalue weighted by Crippen LogP contribution is 2.19. The zero-order chi connectivity index (χ0) is 19.1. The van der Waals surface area contributed by atoms with Crippen LogP contribution in [0.3, 0.4) is 0 Å². The van der Waals surface area contributed by atoms with Crippen molar-refractivity contribution in [3.05, 3.63) is 53.7 Å². The number of carbonyl (C=O) groups excluding carboxylic acids is 2. The molecule has 2 amide bonds. The number of nitrogens with zero attached hydrogens (tertiary/aromatic N) is 3. The lowest BCUT2D eigenvalue weighted by molar-refractivity contribution is -0.130. The quantitative estimate of drug-likeness (QED) is 0.728. The van der Waals surface area contributed by atoms with E-state index in [1.165, 1.54) is 0 Å². The van der Waals surface area contributed by atoms with Gasteiger partial charge in [-0.3, -0.25) is 14.6 Å². The van der Waals surface area contributed by atoms with Crippen molar-refractivity contribution in [2.45, 2.75) is 32.6 Å². The first kappa shape index (κ1) is 19.7. The summed E-state index contributed by atoms with van der Waals surface area (Å²) in [6, 6.07) is 5.57. The number of amides is 2. The summed E-state index contributed by atoms with van der Waals surface area (Å²) in [6.07, 6.45) is 6.18. The van der Waals surface area contributed by atoms with Crippen LogP contribution in [0.25, 0.3) is 0 Å². The third kappa shape index (κ3) is 5.18. The van der Waals surface area contributed by atoms with Crippen LogP contribution in [0.2, 0.25) is 0 Å². The van der Waals surface area contributed by atoms with E-state index in [4.69, 9.17) is 4.42 Å². The number of rotatable bonds is 8. The zero-order valence-corrected chi connectivity index (χ0v) is 15.9. The van der Waals surface area contributed by atoms with Crippen molar-refractivity contribution >= 4 is 11.8 Å². The maximum atomic E-state index is 12.5. The van der Waals surface area contributed by atoms with E-state index in [2.05, 4.69) is 4.98 Å². The van der Waals surface area contributed by atoms with E-state index >= 15 is 0 Å². The fourth-order valence-electron chi connectivity index (χ4n) is 2.63. The summed E-state index contributed by atoms with van der Waals surface area (Å²) in [6.45, 7) is 4.94. The topological polar surface area (TPSA) is 66.7 Å². The average Bonchev–Trinajstić information content (AvgIpc) is 3.20. The van der Waals surface area contributed by atoms with Crippen molar-refractivity contribution in [2.24, 2.45) is 0 Å². The molecule has 1 atom stereocenters. The van der Waals surface area contributed by atoms with Crippen molar-refractivity contribution in [1.82, 2.24) is 14.8 Å². The summed E-state index contributed by atoms with van der Waals surface area (Å²) in [5.41, 5.74) is 1.61. The average molecular weight is 357 g/mol. The number of carbonyl (C=O) groups is 2. The highest BCUT2D eigenvalue weighted by atomic mass is 16.3. The van der Waals surface area contributed by atoms with Gasteiger partial charge in [-0.1, -0.05) is 13.8 Å². The number of furan rings is 1. The van der Waals surface area contributed by atoms with Gasteiger partial charge in [-0.05, 0) is 30.2 Å². The molecule has 2 rings (SSSR count). The molecule has 2 aromatic rings. The smallest absolute Gasteiger partial charge is 0.255 e. The van der Waals surface area contributed by atoms with Gasteiger partial charge < -0.3 is 14.2 Å². The maximum Gasteiger partial charge on any atom is 0.255 e. The van der Waals surface area contributed by atoms with Gasteiger partial charge >= 0.3 is 0 Å². The molecule has 0 aliphatic carbocycles. The van der Waals surface area contributed by atoms with Crippen LogP contribution < -0.4 is 0 Å². The van der Waals surface area contributed by atoms with Crippen molar-refractivity contribution in [2.75, 3.05) is 27.2 Å². The molecule has 0 bridgehead atoms. The van der Waals surface area contributed by atoms with Crippen LogP contribution in [0.15, 0.2) is 41.3 Å². The van der Waals surface area contributed by atoms with Gasteiger partial charge in [0.15, 0.2) is 0 Å². The van der Waals surface area contributed by atoms with E-state index in [-0.39, 0.29) is 17.7 Å². The van der Waals surface area contributed by atoms with E-state index in [9.17, 15) is 9.59 Å². The molecule has 0 saturated heterocycles. The Morgan fingerprint density at radius 2 is 1.92 bits per heavy atom. The van der Waals surface area contributed by atoms with Crippen molar-refractivity contribution in [1.29, 1.82) is 0 Å². The first-order valence-corrected chi connectivity index (χ1v) is 8.89. The summed E-state index contributed by atoms with van der Waals surface area (Å²) in [4.78, 5) is 32.3. The summed E-state index contributed by atoms with van der Waals surface area (Å²) < 4.78 is 5.34. The number of hydrogen-bond acceptors (Lipinski definition) is 4. The van der Waals surface area contributed by atoms with Crippen molar-refractivity contribution < 1.29 is 14.0 Å². The van der Waals surface area contributed by atoms with Crippen molar-refractivity contribution in [3.63, 3.8) is 0 Å². The molecule has 0 spiro atoms. The Hall–Kier alpha value is -2.63. The first-order chi connectivity index (χ1) is 12.4. The van der Waals surface area contributed by atoms with Gasteiger partial charge in [0.2, 0.25) is 5.91 Å². The fourth-order valence-corrected chi connectivity index (χ4v) is 2.63. The Morgan fingerprint density at radius 1 is 1.19 bits per heavy atom. The van der Waals surface area contributed by atoms with Crippen molar-refractivity contribution in [3.8, 4) is 0 Å². The van der Waals surface area contributed by atoms with Crippen LogP contribution in [0.1, 0.15) is 47.9 Å². The van der Waals surface area contributed by atoms with Crippen LogP contribution in [0.5, 0.6) is 0 Å². The molecular formula is C20H27N3O3. The van der Waals surface area contributed by atoms with Crippen LogP contribution in [-0.2, 0) is 11.2 Å². The van der Waals surface area contributed by atoms with E-state index in [1.807, 2.05) is 32.0 Å². The number of aryl methyl sites for hydroxylation is 1.